The number of carbonyl (C=O) groups excluding carboxylic acids is 2. The van der Waals surface area contributed by atoms with Crippen molar-refractivity contribution in [3.63, 3.8) is 0 Å². The number of carbonyl (C=O) groups is 2. The third-order valence-electron chi connectivity index (χ3n) is 10.7. The molecule has 0 bridgehead atoms. The van der Waals surface area contributed by atoms with Gasteiger partial charge in [-0.25, -0.2) is 9.97 Å². The second kappa shape index (κ2) is 13.8. The molecule has 8 rings (SSSR count). The maximum absolute atomic E-state index is 14.3. The molecule has 14 heteroatoms. The van der Waals surface area contributed by atoms with Crippen LogP contribution in [0.2, 0.25) is 0 Å². The molecule has 2 atom stereocenters. The van der Waals surface area contributed by atoms with Gasteiger partial charge in [0.25, 0.3) is 11.5 Å². The minimum atomic E-state index is -1.17. The molecule has 1 N–H and O–H groups in total. The van der Waals surface area contributed by atoms with Gasteiger partial charge in [0.2, 0.25) is 5.91 Å². The van der Waals surface area contributed by atoms with Crippen LogP contribution in [0.5, 0.6) is 0 Å². The maximum atomic E-state index is 14.3. The molecule has 2 aliphatic heterocycles. The number of pyridine rings is 1. The Morgan fingerprint density at radius 2 is 1.77 bits per heavy atom. The highest BCUT2D eigenvalue weighted by Gasteiger charge is 2.42. The molecule has 2 amide bonds. The fourth-order valence-corrected chi connectivity index (χ4v) is 8.71. The fourth-order valence-electron chi connectivity index (χ4n) is 7.69. The van der Waals surface area contributed by atoms with E-state index in [0.29, 0.717) is 67.0 Å². The summed E-state index contributed by atoms with van der Waals surface area (Å²) < 4.78 is 4.97. The summed E-state index contributed by atoms with van der Waals surface area (Å²) in [5.41, 5.74) is 3.43. The number of nitrogens with zero attached hydrogens (tertiary/aromatic N) is 9. The van der Waals surface area contributed by atoms with Crippen LogP contribution in [0.25, 0.3) is 27.3 Å². The molecule has 6 aromatic rings. The molecule has 1 aromatic carbocycles. The summed E-state index contributed by atoms with van der Waals surface area (Å²) in [6.45, 7) is 5.49. The number of amides is 2. The molecule has 7 heterocycles. The van der Waals surface area contributed by atoms with Gasteiger partial charge in [0, 0.05) is 74.9 Å². The van der Waals surface area contributed by atoms with Crippen LogP contribution in [-0.2, 0) is 18.4 Å². The molecule has 0 saturated carbocycles. The Kier molecular flexibility index (Phi) is 9.03. The van der Waals surface area contributed by atoms with Gasteiger partial charge in [-0.3, -0.25) is 33.2 Å². The summed E-state index contributed by atoms with van der Waals surface area (Å²) in [6.07, 6.45) is 9.80. The minimum absolute atomic E-state index is 0.0353. The molecule has 2 fully saturated rings. The van der Waals surface area contributed by atoms with E-state index in [4.69, 9.17) is 4.98 Å². The number of hydrogen-bond donors (Lipinski definition) is 1. The van der Waals surface area contributed by atoms with Gasteiger partial charge in [0.05, 0.1) is 35.1 Å². The normalized spacial score (nSPS) is 18.8. The van der Waals surface area contributed by atoms with E-state index in [-0.39, 0.29) is 35.8 Å². The maximum Gasteiger partial charge on any atom is 0.265 e. The second-order valence-corrected chi connectivity index (χ2v) is 15.3. The molecular weight excluding hydrogens is 691 g/mol. The Labute approximate surface area is 310 Å². The van der Waals surface area contributed by atoms with Gasteiger partial charge in [-0.2, -0.15) is 5.10 Å². The predicted octanol–water partition coefficient (Wildman–Crippen LogP) is 4.36. The summed E-state index contributed by atoms with van der Waals surface area (Å²) in [5, 5.41) is 17.1. The van der Waals surface area contributed by atoms with Crippen molar-refractivity contribution in [3.05, 3.63) is 112 Å². The summed E-state index contributed by atoms with van der Waals surface area (Å²) in [7, 11) is 1.83. The Bertz CT molecular complexity index is 2350. The van der Waals surface area contributed by atoms with E-state index in [1.807, 2.05) is 83.9 Å². The zero-order valence-corrected chi connectivity index (χ0v) is 30.7. The third kappa shape index (κ3) is 6.68. The molecule has 0 aliphatic carbocycles. The number of fused-ring (bicyclic) bond motifs is 1. The van der Waals surface area contributed by atoms with Crippen LogP contribution in [0.1, 0.15) is 51.8 Å². The molecule has 2 aliphatic rings. The van der Waals surface area contributed by atoms with Crippen LogP contribution in [0.3, 0.4) is 0 Å². The van der Waals surface area contributed by atoms with E-state index in [1.54, 1.807) is 29.3 Å². The zero-order chi connectivity index (χ0) is 36.9. The van der Waals surface area contributed by atoms with Crippen molar-refractivity contribution < 1.29 is 14.7 Å². The topological polar surface area (TPSA) is 144 Å². The van der Waals surface area contributed by atoms with Crippen molar-refractivity contribution in [2.24, 2.45) is 13.0 Å². The highest BCUT2D eigenvalue weighted by molar-refractivity contribution is 7.17. The summed E-state index contributed by atoms with van der Waals surface area (Å²) in [5.74, 6) is -0.542. The Morgan fingerprint density at radius 3 is 2.49 bits per heavy atom. The molecule has 13 nitrogen and oxygen atoms in total. The van der Waals surface area contributed by atoms with Gasteiger partial charge in [0.15, 0.2) is 5.65 Å². The summed E-state index contributed by atoms with van der Waals surface area (Å²) in [6, 6.07) is 15.6. The molecule has 272 valence electrons. The zero-order valence-electron chi connectivity index (χ0n) is 29.9. The van der Waals surface area contributed by atoms with Crippen LogP contribution in [0.4, 0.5) is 0 Å². The first-order valence-corrected chi connectivity index (χ1v) is 18.7. The minimum Gasteiger partial charge on any atom is -0.388 e. The van der Waals surface area contributed by atoms with Gasteiger partial charge in [-0.15, -0.1) is 11.3 Å². The van der Waals surface area contributed by atoms with Crippen molar-refractivity contribution in [1.82, 2.24) is 43.7 Å². The summed E-state index contributed by atoms with van der Waals surface area (Å²) in [4.78, 5) is 59.7. The largest absolute Gasteiger partial charge is 0.388 e. The number of rotatable bonds is 7. The molecule has 0 radical (unpaired) electrons. The molecule has 5 aromatic heterocycles. The van der Waals surface area contributed by atoms with Crippen LogP contribution in [-0.4, -0.2) is 92.4 Å². The van der Waals surface area contributed by atoms with Crippen molar-refractivity contribution in [2.45, 2.75) is 51.2 Å². The second-order valence-electron chi connectivity index (χ2n) is 14.3. The van der Waals surface area contributed by atoms with Crippen molar-refractivity contribution >= 4 is 34.2 Å². The Balaban J connectivity index is 0.953. The fraction of sp³-hybridized carbons (Fsp3) is 0.359. The number of aryl methyl sites for hydroxylation is 3. The number of likely N-dealkylation sites (tertiary alicyclic amines) is 2. The van der Waals surface area contributed by atoms with Crippen LogP contribution in [0.15, 0.2) is 84.4 Å². The lowest BCUT2D eigenvalue weighted by Gasteiger charge is -2.43. The smallest absolute Gasteiger partial charge is 0.265 e. The van der Waals surface area contributed by atoms with Crippen molar-refractivity contribution in [2.75, 3.05) is 26.2 Å². The molecule has 2 saturated heterocycles. The first kappa shape index (κ1) is 34.6. The highest BCUT2D eigenvalue weighted by atomic mass is 32.1. The van der Waals surface area contributed by atoms with Gasteiger partial charge < -0.3 is 14.9 Å². The lowest BCUT2D eigenvalue weighted by Crippen LogP contribution is -2.53. The number of thiazole rings is 1. The van der Waals surface area contributed by atoms with E-state index < -0.39 is 5.60 Å². The Morgan fingerprint density at radius 1 is 0.981 bits per heavy atom. The third-order valence-corrected chi connectivity index (χ3v) is 11.9. The van der Waals surface area contributed by atoms with Crippen LogP contribution in [0, 0.1) is 19.8 Å². The van der Waals surface area contributed by atoms with E-state index in [0.717, 1.165) is 27.5 Å². The number of piperidine rings is 2. The molecular formula is C39H41N9O4S. The van der Waals surface area contributed by atoms with E-state index in [1.165, 1.54) is 22.2 Å². The predicted molar refractivity (Wildman–Crippen MR) is 201 cm³/mol. The van der Waals surface area contributed by atoms with Gasteiger partial charge >= 0.3 is 0 Å². The van der Waals surface area contributed by atoms with E-state index in [2.05, 4.69) is 15.1 Å². The lowest BCUT2D eigenvalue weighted by atomic mass is 9.79. The summed E-state index contributed by atoms with van der Waals surface area (Å²) >= 11 is 1.38. The van der Waals surface area contributed by atoms with Crippen molar-refractivity contribution in [1.29, 1.82) is 0 Å². The number of benzene rings is 1. The molecule has 53 heavy (non-hydrogen) atoms. The molecule has 0 unspecified atom stereocenters. The highest BCUT2D eigenvalue weighted by Crippen LogP contribution is 2.37. The van der Waals surface area contributed by atoms with Crippen LogP contribution < -0.4 is 5.56 Å². The number of hydrogen-bond acceptors (Lipinski definition) is 9. The Hall–Kier alpha value is -5.47. The quantitative estimate of drug-likeness (QED) is 0.255. The molecule has 0 spiro atoms. The first-order chi connectivity index (χ1) is 25.6. The lowest BCUT2D eigenvalue weighted by molar-refractivity contribution is -0.142. The standard InChI is InChI=1S/C39H41N9O4S/c1-25-9-10-28(19-40-25)35-43-26(2)33(53-35)38(51)46-15-11-30(32(22-46)27-7-5-4-6-8-27)36(49)45-17-13-39(52,14-18-45)23-47-24-41-34-31(37(47)50)12-16-48(34)29-20-42-44(3)21-29/h4-10,12,16,19-21,24,30,32,52H,11,13-15,17-18,22-23H2,1-3H3/t30-,32+/m1/s1. The average Bonchev–Trinajstić information content (AvgIpc) is 3.91. The van der Waals surface area contributed by atoms with E-state index >= 15 is 0 Å². The first-order valence-electron chi connectivity index (χ1n) is 17.9. The number of aliphatic hydroxyl groups is 1. The van der Waals surface area contributed by atoms with Crippen molar-refractivity contribution in [3.8, 4) is 16.3 Å². The SMILES string of the molecule is Cc1ccc(-c2nc(C)c(C(=O)N3CC[C@@H](C(=O)N4CCC(O)(Cn5cnc6c(ccn6-c6cnn(C)c6)c5=O)CC4)[C@H](c4ccccc4)C3)s2)cn1. The average molecular weight is 732 g/mol. The van der Waals surface area contributed by atoms with Gasteiger partial charge in [0.1, 0.15) is 16.2 Å². The van der Waals surface area contributed by atoms with E-state index in [9.17, 15) is 19.5 Å². The van der Waals surface area contributed by atoms with Crippen LogP contribution >= 0.6 is 11.3 Å². The van der Waals surface area contributed by atoms with Gasteiger partial charge in [-0.05, 0) is 56.9 Å². The van der Waals surface area contributed by atoms with Gasteiger partial charge in [-0.1, -0.05) is 30.3 Å². The monoisotopic (exact) mass is 731 g/mol. The number of aromatic nitrogens is 7.